The summed E-state index contributed by atoms with van der Waals surface area (Å²) in [4.78, 5) is 35.3. The van der Waals surface area contributed by atoms with Crippen molar-refractivity contribution in [1.29, 1.82) is 0 Å². The van der Waals surface area contributed by atoms with Crippen molar-refractivity contribution < 1.29 is 14.7 Å². The SMILES string of the molecule is O=C(c1ccccc1O)N1CCN(C(=O)c2sc(-c3ccccc3)nc2-c2ccccc2)CC1. The van der Waals surface area contributed by atoms with Gasteiger partial charge in [-0.05, 0) is 12.1 Å². The fraction of sp³-hybridized carbons (Fsp3) is 0.148. The van der Waals surface area contributed by atoms with Crippen molar-refractivity contribution in [3.63, 3.8) is 0 Å². The molecule has 4 aromatic rings. The summed E-state index contributed by atoms with van der Waals surface area (Å²) in [6.07, 6.45) is 0. The Morgan fingerprint density at radius 2 is 1.24 bits per heavy atom. The van der Waals surface area contributed by atoms with Crippen LogP contribution < -0.4 is 0 Å². The lowest BCUT2D eigenvalue weighted by Gasteiger charge is -2.34. The van der Waals surface area contributed by atoms with Crippen LogP contribution in [0.3, 0.4) is 0 Å². The normalized spacial score (nSPS) is 13.6. The number of aromatic hydroxyl groups is 1. The molecule has 170 valence electrons. The van der Waals surface area contributed by atoms with E-state index in [2.05, 4.69) is 0 Å². The van der Waals surface area contributed by atoms with E-state index < -0.39 is 0 Å². The first kappa shape index (κ1) is 21.9. The van der Waals surface area contributed by atoms with E-state index >= 15 is 0 Å². The minimum absolute atomic E-state index is 0.0309. The van der Waals surface area contributed by atoms with Crippen LogP contribution in [0, 0.1) is 0 Å². The predicted molar refractivity (Wildman–Crippen MR) is 133 cm³/mol. The van der Waals surface area contributed by atoms with E-state index in [0.717, 1.165) is 16.1 Å². The second-order valence-corrected chi connectivity index (χ2v) is 9.03. The van der Waals surface area contributed by atoms with Crippen LogP contribution in [-0.4, -0.2) is 57.9 Å². The summed E-state index contributed by atoms with van der Waals surface area (Å²) >= 11 is 1.40. The fourth-order valence-electron chi connectivity index (χ4n) is 4.04. The highest BCUT2D eigenvalue weighted by Gasteiger charge is 2.29. The molecule has 3 aromatic carbocycles. The number of carbonyl (C=O) groups is 2. The maximum absolute atomic E-state index is 13.6. The highest BCUT2D eigenvalue weighted by atomic mass is 32.1. The Morgan fingerprint density at radius 1 is 0.706 bits per heavy atom. The maximum atomic E-state index is 13.6. The first-order chi connectivity index (χ1) is 16.6. The van der Waals surface area contributed by atoms with E-state index in [4.69, 9.17) is 4.98 Å². The van der Waals surface area contributed by atoms with E-state index in [1.165, 1.54) is 17.4 Å². The maximum Gasteiger partial charge on any atom is 0.266 e. The van der Waals surface area contributed by atoms with Crippen LogP contribution in [0.15, 0.2) is 84.9 Å². The van der Waals surface area contributed by atoms with Gasteiger partial charge in [0.05, 0.1) is 11.3 Å². The van der Waals surface area contributed by atoms with Crippen molar-refractivity contribution in [2.45, 2.75) is 0 Å². The van der Waals surface area contributed by atoms with E-state index in [-0.39, 0.29) is 23.1 Å². The molecular weight excluding hydrogens is 446 g/mol. The van der Waals surface area contributed by atoms with Gasteiger partial charge in [0.25, 0.3) is 11.8 Å². The van der Waals surface area contributed by atoms with Gasteiger partial charge < -0.3 is 14.9 Å². The first-order valence-electron chi connectivity index (χ1n) is 11.1. The number of amides is 2. The molecule has 0 saturated carbocycles. The molecule has 6 nitrogen and oxygen atoms in total. The van der Waals surface area contributed by atoms with Crippen LogP contribution in [0.25, 0.3) is 21.8 Å². The third-order valence-electron chi connectivity index (χ3n) is 5.88. The van der Waals surface area contributed by atoms with Crippen LogP contribution in [0.5, 0.6) is 5.75 Å². The minimum atomic E-state index is -0.223. The zero-order chi connectivity index (χ0) is 23.5. The lowest BCUT2D eigenvalue weighted by molar-refractivity contribution is 0.0536. The smallest absolute Gasteiger partial charge is 0.266 e. The second-order valence-electron chi connectivity index (χ2n) is 8.03. The lowest BCUT2D eigenvalue weighted by Crippen LogP contribution is -2.50. The molecule has 2 amide bonds. The van der Waals surface area contributed by atoms with Crippen LogP contribution in [-0.2, 0) is 0 Å². The average Bonchev–Trinajstić information content (AvgIpc) is 3.35. The monoisotopic (exact) mass is 469 g/mol. The van der Waals surface area contributed by atoms with Gasteiger partial charge in [-0.25, -0.2) is 4.98 Å². The molecule has 5 rings (SSSR count). The number of nitrogens with zero attached hydrogens (tertiary/aromatic N) is 3. The van der Waals surface area contributed by atoms with Gasteiger partial charge in [-0.1, -0.05) is 72.8 Å². The van der Waals surface area contributed by atoms with E-state index in [1.54, 1.807) is 28.0 Å². The minimum Gasteiger partial charge on any atom is -0.507 e. The number of phenolic OH excluding ortho intramolecular Hbond substituents is 1. The van der Waals surface area contributed by atoms with Crippen molar-refractivity contribution in [1.82, 2.24) is 14.8 Å². The highest BCUT2D eigenvalue weighted by Crippen LogP contribution is 2.35. The molecule has 1 aliphatic rings. The summed E-state index contributed by atoms with van der Waals surface area (Å²) < 4.78 is 0. The Balaban J connectivity index is 1.38. The Bertz CT molecular complexity index is 1310. The van der Waals surface area contributed by atoms with Gasteiger partial charge in [-0.15, -0.1) is 11.3 Å². The topological polar surface area (TPSA) is 73.7 Å². The number of benzene rings is 3. The molecule has 1 aliphatic heterocycles. The molecule has 1 saturated heterocycles. The van der Waals surface area contributed by atoms with Crippen LogP contribution in [0.1, 0.15) is 20.0 Å². The molecule has 1 fully saturated rings. The highest BCUT2D eigenvalue weighted by molar-refractivity contribution is 7.17. The molecule has 7 heteroatoms. The lowest BCUT2D eigenvalue weighted by atomic mass is 10.1. The molecule has 0 bridgehead atoms. The van der Waals surface area contributed by atoms with Gasteiger partial charge in [0, 0.05) is 37.3 Å². The van der Waals surface area contributed by atoms with Crippen molar-refractivity contribution in [3.05, 3.63) is 95.4 Å². The average molecular weight is 470 g/mol. The quantitative estimate of drug-likeness (QED) is 0.467. The third-order valence-corrected chi connectivity index (χ3v) is 6.97. The van der Waals surface area contributed by atoms with Gasteiger partial charge in [-0.2, -0.15) is 0 Å². The van der Waals surface area contributed by atoms with Crippen molar-refractivity contribution in [3.8, 4) is 27.6 Å². The zero-order valence-corrected chi connectivity index (χ0v) is 19.2. The van der Waals surface area contributed by atoms with Crippen molar-refractivity contribution >= 4 is 23.2 Å². The fourth-order valence-corrected chi connectivity index (χ4v) is 5.10. The van der Waals surface area contributed by atoms with Crippen molar-refractivity contribution in [2.75, 3.05) is 26.2 Å². The van der Waals surface area contributed by atoms with Crippen molar-refractivity contribution in [2.24, 2.45) is 0 Å². The number of hydrogen-bond acceptors (Lipinski definition) is 5. The molecule has 0 radical (unpaired) electrons. The Morgan fingerprint density at radius 3 is 1.85 bits per heavy atom. The summed E-state index contributed by atoms with van der Waals surface area (Å²) in [6, 6.07) is 26.1. The Labute approximate surface area is 201 Å². The molecule has 1 N–H and O–H groups in total. The zero-order valence-electron chi connectivity index (χ0n) is 18.4. The number of thiazole rings is 1. The van der Waals surface area contributed by atoms with Gasteiger partial charge in [-0.3, -0.25) is 9.59 Å². The van der Waals surface area contributed by atoms with Gasteiger partial charge in [0.2, 0.25) is 0 Å². The van der Waals surface area contributed by atoms with Gasteiger partial charge >= 0.3 is 0 Å². The number of aromatic nitrogens is 1. The number of phenols is 1. The standard InChI is InChI=1S/C27H23N3O3S/c31-22-14-8-7-13-21(22)26(32)29-15-17-30(18-16-29)27(33)24-23(19-9-3-1-4-10-19)28-25(34-24)20-11-5-2-6-12-20/h1-14,31H,15-18H2. The van der Waals surface area contributed by atoms with Crippen LogP contribution >= 0.6 is 11.3 Å². The Hall–Kier alpha value is -3.97. The molecule has 0 atom stereocenters. The summed E-state index contributed by atoms with van der Waals surface area (Å²) in [6.45, 7) is 1.66. The molecule has 0 unspecified atom stereocenters. The number of para-hydroxylation sites is 1. The first-order valence-corrected chi connectivity index (χ1v) is 11.9. The van der Waals surface area contributed by atoms with Crippen LogP contribution in [0.2, 0.25) is 0 Å². The number of piperazine rings is 1. The Kier molecular flexibility index (Phi) is 6.10. The molecule has 0 aliphatic carbocycles. The number of hydrogen-bond donors (Lipinski definition) is 1. The third kappa shape index (κ3) is 4.30. The molecule has 0 spiro atoms. The van der Waals surface area contributed by atoms with Gasteiger partial charge in [0.1, 0.15) is 15.6 Å². The largest absolute Gasteiger partial charge is 0.507 e. The summed E-state index contributed by atoms with van der Waals surface area (Å²) in [5, 5.41) is 10.8. The van der Waals surface area contributed by atoms with E-state index in [1.807, 2.05) is 60.7 Å². The molecule has 2 heterocycles. The predicted octanol–water partition coefficient (Wildman–Crippen LogP) is 4.78. The summed E-state index contributed by atoms with van der Waals surface area (Å²) in [5.74, 6) is -0.330. The number of rotatable bonds is 4. The van der Waals surface area contributed by atoms with Crippen LogP contribution in [0.4, 0.5) is 0 Å². The summed E-state index contributed by atoms with van der Waals surface area (Å²) in [5.41, 5.74) is 2.84. The molecular formula is C27H23N3O3S. The van der Waals surface area contributed by atoms with E-state index in [0.29, 0.717) is 36.8 Å². The number of carbonyl (C=O) groups excluding carboxylic acids is 2. The van der Waals surface area contributed by atoms with E-state index in [9.17, 15) is 14.7 Å². The summed E-state index contributed by atoms with van der Waals surface area (Å²) in [7, 11) is 0. The molecule has 34 heavy (non-hydrogen) atoms. The second kappa shape index (κ2) is 9.49. The molecule has 1 aromatic heterocycles. The van der Waals surface area contributed by atoms with Gasteiger partial charge in [0.15, 0.2) is 0 Å².